The highest BCUT2D eigenvalue weighted by Gasteiger charge is 2.35. The van der Waals surface area contributed by atoms with Gasteiger partial charge in [-0.05, 0) is 11.5 Å². The number of hydrogen-bond acceptors (Lipinski definition) is 1. The molecule has 0 spiro atoms. The molecule has 3 atom stereocenters. The molecule has 0 saturated carbocycles. The van der Waals surface area contributed by atoms with E-state index in [0.29, 0.717) is 11.6 Å². The smallest absolute Gasteiger partial charge is 0.0839 e. The summed E-state index contributed by atoms with van der Waals surface area (Å²) in [7, 11) is -1.28. The molecule has 0 bridgehead atoms. The van der Waals surface area contributed by atoms with Crippen LogP contribution in [-0.4, -0.2) is 6.16 Å². The van der Waals surface area contributed by atoms with E-state index in [2.05, 4.69) is 19.1 Å². The highest BCUT2D eigenvalue weighted by molar-refractivity contribution is 7.47. The van der Waals surface area contributed by atoms with Gasteiger partial charge in [-0.15, -0.1) is 0 Å². The fourth-order valence-electron chi connectivity index (χ4n) is 1.89. The summed E-state index contributed by atoms with van der Waals surface area (Å²) in [5.74, 6) is 0.624. The van der Waals surface area contributed by atoms with Crippen molar-refractivity contribution < 1.29 is 4.57 Å². The maximum absolute atomic E-state index is 11.4. The molecule has 12 heavy (non-hydrogen) atoms. The molecule has 1 aliphatic heterocycles. The molecule has 0 radical (unpaired) electrons. The first-order valence-corrected chi connectivity index (χ1v) is 6.06. The molecular formula is C10H13OP. The fourth-order valence-corrected chi connectivity index (χ4v) is 3.90. The molecule has 0 aromatic heterocycles. The Morgan fingerprint density at radius 2 is 2.00 bits per heavy atom. The van der Waals surface area contributed by atoms with Crippen LogP contribution < -0.4 is 0 Å². The van der Waals surface area contributed by atoms with Crippen LogP contribution in [-0.2, 0) is 4.57 Å². The van der Waals surface area contributed by atoms with Gasteiger partial charge in [-0.3, -0.25) is 0 Å². The maximum Gasteiger partial charge on any atom is 0.0839 e. The zero-order valence-electron chi connectivity index (χ0n) is 7.16. The predicted octanol–water partition coefficient (Wildman–Crippen LogP) is 2.94. The Labute approximate surface area is 73.6 Å². The van der Waals surface area contributed by atoms with Crippen molar-refractivity contribution in [2.45, 2.75) is 12.6 Å². The first-order chi connectivity index (χ1) is 5.79. The van der Waals surface area contributed by atoms with Crippen molar-refractivity contribution in [1.29, 1.82) is 0 Å². The van der Waals surface area contributed by atoms with Gasteiger partial charge in [-0.1, -0.05) is 37.3 Å². The first-order valence-electron chi connectivity index (χ1n) is 4.36. The van der Waals surface area contributed by atoms with E-state index in [9.17, 15) is 4.57 Å². The molecule has 0 aliphatic carbocycles. The number of rotatable bonds is 1. The lowest BCUT2D eigenvalue weighted by molar-refractivity contribution is 0.500. The van der Waals surface area contributed by atoms with Crippen molar-refractivity contribution in [2.24, 2.45) is 5.92 Å². The standard InChI is InChI=1S/C10H13OP/c1-8-7-12(11)10(8)9-5-3-2-4-6-9/h2-6,8,10,12H,7H2,1H3. The topological polar surface area (TPSA) is 17.1 Å². The van der Waals surface area contributed by atoms with E-state index in [1.165, 1.54) is 5.56 Å². The Hall–Kier alpha value is -0.550. The van der Waals surface area contributed by atoms with Gasteiger partial charge in [0.15, 0.2) is 0 Å². The molecule has 0 amide bonds. The second-order valence-electron chi connectivity index (χ2n) is 3.54. The zero-order chi connectivity index (χ0) is 8.55. The number of hydrogen-bond donors (Lipinski definition) is 0. The van der Waals surface area contributed by atoms with Crippen LogP contribution in [0.1, 0.15) is 18.1 Å². The van der Waals surface area contributed by atoms with Crippen LogP contribution in [0.2, 0.25) is 0 Å². The van der Waals surface area contributed by atoms with Gasteiger partial charge >= 0.3 is 0 Å². The molecule has 1 aromatic carbocycles. The molecule has 1 heterocycles. The minimum absolute atomic E-state index is 0.371. The van der Waals surface area contributed by atoms with Crippen LogP contribution in [0.4, 0.5) is 0 Å². The van der Waals surface area contributed by atoms with E-state index >= 15 is 0 Å². The molecule has 1 aromatic rings. The highest BCUT2D eigenvalue weighted by atomic mass is 31.1. The average Bonchev–Trinajstić information content (AvgIpc) is 2.05. The summed E-state index contributed by atoms with van der Waals surface area (Å²) >= 11 is 0. The molecule has 3 unspecified atom stereocenters. The van der Waals surface area contributed by atoms with Crippen LogP contribution in [0.3, 0.4) is 0 Å². The Morgan fingerprint density at radius 1 is 1.33 bits per heavy atom. The van der Waals surface area contributed by atoms with Crippen LogP contribution in [0, 0.1) is 5.92 Å². The lowest BCUT2D eigenvalue weighted by Gasteiger charge is -2.33. The Balaban J connectivity index is 2.26. The summed E-state index contributed by atoms with van der Waals surface area (Å²) in [6, 6.07) is 10.2. The van der Waals surface area contributed by atoms with Gasteiger partial charge in [0, 0.05) is 11.8 Å². The lowest BCUT2D eigenvalue weighted by Crippen LogP contribution is -2.19. The SMILES string of the molecule is CC1C[PH](=O)C1c1ccccc1. The second-order valence-corrected chi connectivity index (χ2v) is 5.50. The summed E-state index contributed by atoms with van der Waals surface area (Å²) < 4.78 is 11.4. The van der Waals surface area contributed by atoms with E-state index in [1.54, 1.807) is 0 Å². The molecule has 2 rings (SSSR count). The second kappa shape index (κ2) is 3.06. The van der Waals surface area contributed by atoms with Crippen LogP contribution in [0.25, 0.3) is 0 Å². The predicted molar refractivity (Wildman–Crippen MR) is 52.2 cm³/mol. The normalized spacial score (nSPS) is 34.2. The third-order valence-corrected chi connectivity index (χ3v) is 5.24. The summed E-state index contributed by atoms with van der Waals surface area (Å²) in [5, 5.41) is 0. The lowest BCUT2D eigenvalue weighted by atomic mass is 10.0. The largest absolute Gasteiger partial charge is 0.326 e. The monoisotopic (exact) mass is 180 g/mol. The van der Waals surface area contributed by atoms with Crippen LogP contribution in [0.5, 0.6) is 0 Å². The Bertz CT molecular complexity index is 294. The first kappa shape index (κ1) is 8.07. The third-order valence-electron chi connectivity index (χ3n) is 2.60. The molecule has 1 aliphatic rings. The number of benzene rings is 1. The van der Waals surface area contributed by atoms with Crippen LogP contribution in [0.15, 0.2) is 30.3 Å². The van der Waals surface area contributed by atoms with Gasteiger partial charge in [0.1, 0.15) is 0 Å². The minimum atomic E-state index is -1.28. The molecule has 1 saturated heterocycles. The van der Waals surface area contributed by atoms with Gasteiger partial charge in [-0.2, -0.15) is 0 Å². The Kier molecular flexibility index (Phi) is 2.06. The van der Waals surface area contributed by atoms with Gasteiger partial charge in [0.2, 0.25) is 0 Å². The fraction of sp³-hybridized carbons (Fsp3) is 0.400. The molecule has 2 heteroatoms. The minimum Gasteiger partial charge on any atom is -0.326 e. The van der Waals surface area contributed by atoms with E-state index in [0.717, 1.165) is 6.16 Å². The Morgan fingerprint density at radius 3 is 2.50 bits per heavy atom. The van der Waals surface area contributed by atoms with Crippen molar-refractivity contribution >= 4 is 7.80 Å². The molecule has 1 nitrogen and oxygen atoms in total. The molecule has 64 valence electrons. The highest BCUT2D eigenvalue weighted by Crippen LogP contribution is 2.57. The van der Waals surface area contributed by atoms with E-state index in [4.69, 9.17) is 0 Å². The van der Waals surface area contributed by atoms with Crippen molar-refractivity contribution in [3.63, 3.8) is 0 Å². The zero-order valence-corrected chi connectivity index (χ0v) is 8.16. The van der Waals surface area contributed by atoms with Crippen molar-refractivity contribution in [3.05, 3.63) is 35.9 Å². The van der Waals surface area contributed by atoms with Gasteiger partial charge in [0.25, 0.3) is 0 Å². The van der Waals surface area contributed by atoms with Gasteiger partial charge < -0.3 is 4.57 Å². The van der Waals surface area contributed by atoms with E-state index in [-0.39, 0.29) is 0 Å². The van der Waals surface area contributed by atoms with Gasteiger partial charge in [-0.25, -0.2) is 0 Å². The van der Waals surface area contributed by atoms with Crippen molar-refractivity contribution in [1.82, 2.24) is 0 Å². The summed E-state index contributed by atoms with van der Waals surface area (Å²) in [6.45, 7) is 2.18. The summed E-state index contributed by atoms with van der Waals surface area (Å²) in [6.07, 6.45) is 0.949. The van der Waals surface area contributed by atoms with Gasteiger partial charge in [0.05, 0.1) is 7.80 Å². The van der Waals surface area contributed by atoms with E-state index in [1.807, 2.05) is 18.2 Å². The molecule has 1 fully saturated rings. The quantitative estimate of drug-likeness (QED) is 0.607. The average molecular weight is 180 g/mol. The maximum atomic E-state index is 11.4. The molecular weight excluding hydrogens is 167 g/mol. The molecule has 0 N–H and O–H groups in total. The van der Waals surface area contributed by atoms with Crippen LogP contribution >= 0.6 is 7.80 Å². The third kappa shape index (κ3) is 1.23. The summed E-state index contributed by atoms with van der Waals surface area (Å²) in [5.41, 5.74) is 1.64. The van der Waals surface area contributed by atoms with Crippen molar-refractivity contribution in [3.8, 4) is 0 Å². The van der Waals surface area contributed by atoms with Crippen molar-refractivity contribution in [2.75, 3.05) is 6.16 Å². The summed E-state index contributed by atoms with van der Waals surface area (Å²) in [4.78, 5) is 0. The van der Waals surface area contributed by atoms with E-state index < -0.39 is 7.80 Å².